The molecule has 0 spiro atoms. The molecule has 0 atom stereocenters. The van der Waals surface area contributed by atoms with E-state index in [9.17, 15) is 0 Å². The maximum atomic E-state index is 5.14. The molecule has 0 N–H and O–H groups in total. The van der Waals surface area contributed by atoms with Crippen LogP contribution >= 0.6 is 15.9 Å². The number of rotatable bonds is 4. The molecule has 0 unspecified atom stereocenters. The monoisotopic (exact) mass is 219 g/mol. The number of nitrogens with zero attached hydrogens (tertiary/aromatic N) is 3. The van der Waals surface area contributed by atoms with E-state index in [-0.39, 0.29) is 0 Å². The maximum Gasteiger partial charge on any atom is 0.148 e. The molecule has 0 radical (unpaired) electrons. The highest BCUT2D eigenvalue weighted by atomic mass is 79.9. The van der Waals surface area contributed by atoms with Crippen molar-refractivity contribution in [2.45, 2.75) is 13.5 Å². The summed E-state index contributed by atoms with van der Waals surface area (Å²) >= 11 is 3.21. The van der Waals surface area contributed by atoms with Crippen molar-refractivity contribution in [3.63, 3.8) is 0 Å². The molecule has 5 heteroatoms. The first-order valence-corrected chi connectivity index (χ1v) is 4.25. The van der Waals surface area contributed by atoms with Crippen molar-refractivity contribution in [3.8, 4) is 0 Å². The summed E-state index contributed by atoms with van der Waals surface area (Å²) in [5.74, 6) is 0. The lowest BCUT2D eigenvalue weighted by Crippen LogP contribution is -2.06. The summed E-state index contributed by atoms with van der Waals surface area (Å²) in [5.41, 5.74) is 0. The van der Waals surface area contributed by atoms with Crippen LogP contribution in [0.4, 0.5) is 0 Å². The van der Waals surface area contributed by atoms with Gasteiger partial charge in [-0.25, -0.2) is 4.68 Å². The summed E-state index contributed by atoms with van der Waals surface area (Å²) in [7, 11) is 0. The summed E-state index contributed by atoms with van der Waals surface area (Å²) < 4.78 is 7.64. The van der Waals surface area contributed by atoms with E-state index < -0.39 is 0 Å². The van der Waals surface area contributed by atoms with Crippen molar-refractivity contribution >= 4 is 15.9 Å². The fourth-order valence-corrected chi connectivity index (χ4v) is 0.994. The van der Waals surface area contributed by atoms with Crippen LogP contribution in [0.1, 0.15) is 6.92 Å². The van der Waals surface area contributed by atoms with Gasteiger partial charge in [-0.3, -0.25) is 0 Å². The molecular formula is C6H10BrN3O. The second-order valence-corrected chi connectivity index (χ2v) is 2.81. The molecule has 1 aromatic rings. The van der Waals surface area contributed by atoms with Crippen molar-refractivity contribution < 1.29 is 4.74 Å². The van der Waals surface area contributed by atoms with Crippen LogP contribution in [0.25, 0.3) is 0 Å². The van der Waals surface area contributed by atoms with Crippen molar-refractivity contribution in [1.82, 2.24) is 15.0 Å². The highest BCUT2D eigenvalue weighted by Gasteiger charge is 1.94. The second-order valence-electron chi connectivity index (χ2n) is 2.00. The molecule has 0 fully saturated rings. The van der Waals surface area contributed by atoms with E-state index in [1.165, 1.54) is 0 Å². The van der Waals surface area contributed by atoms with Gasteiger partial charge in [-0.1, -0.05) is 5.21 Å². The van der Waals surface area contributed by atoms with Gasteiger partial charge in [-0.05, 0) is 22.9 Å². The summed E-state index contributed by atoms with van der Waals surface area (Å²) in [4.78, 5) is 0. The highest BCUT2D eigenvalue weighted by molar-refractivity contribution is 9.10. The van der Waals surface area contributed by atoms with E-state index in [1.54, 1.807) is 4.68 Å². The largest absolute Gasteiger partial charge is 0.380 e. The molecule has 11 heavy (non-hydrogen) atoms. The van der Waals surface area contributed by atoms with Crippen LogP contribution in [0.2, 0.25) is 0 Å². The van der Waals surface area contributed by atoms with Gasteiger partial charge in [0, 0.05) is 6.61 Å². The summed E-state index contributed by atoms with van der Waals surface area (Å²) in [6.07, 6.45) is 1.82. The third-order valence-electron chi connectivity index (χ3n) is 1.18. The number of halogens is 1. The fraction of sp³-hybridized carbons (Fsp3) is 0.667. The molecule has 0 saturated carbocycles. The minimum atomic E-state index is 0.687. The van der Waals surface area contributed by atoms with E-state index in [0.717, 1.165) is 17.8 Å². The Morgan fingerprint density at radius 2 is 2.55 bits per heavy atom. The molecular weight excluding hydrogens is 210 g/mol. The van der Waals surface area contributed by atoms with Crippen LogP contribution in [0.15, 0.2) is 10.8 Å². The zero-order chi connectivity index (χ0) is 8.10. The van der Waals surface area contributed by atoms with Gasteiger partial charge in [0.25, 0.3) is 0 Å². The lowest BCUT2D eigenvalue weighted by Gasteiger charge is -1.98. The molecule has 0 aromatic carbocycles. The molecule has 0 aliphatic carbocycles. The van der Waals surface area contributed by atoms with Crippen molar-refractivity contribution in [2.24, 2.45) is 0 Å². The van der Waals surface area contributed by atoms with Gasteiger partial charge in [0.05, 0.1) is 19.3 Å². The Kier molecular flexibility index (Phi) is 3.51. The Balaban J connectivity index is 2.27. The van der Waals surface area contributed by atoms with Gasteiger partial charge < -0.3 is 4.74 Å². The number of hydrogen-bond donors (Lipinski definition) is 0. The van der Waals surface area contributed by atoms with Crippen molar-refractivity contribution in [1.29, 1.82) is 0 Å². The van der Waals surface area contributed by atoms with Gasteiger partial charge >= 0.3 is 0 Å². The SMILES string of the molecule is CCOCCn1cc(Br)nn1. The number of ether oxygens (including phenoxy) is 1. The Hall–Kier alpha value is -0.420. The van der Waals surface area contributed by atoms with Crippen LogP contribution in [0.5, 0.6) is 0 Å². The third kappa shape index (κ3) is 2.98. The van der Waals surface area contributed by atoms with Crippen LogP contribution in [-0.2, 0) is 11.3 Å². The minimum Gasteiger partial charge on any atom is -0.380 e. The van der Waals surface area contributed by atoms with Gasteiger partial charge in [0.15, 0.2) is 0 Å². The van der Waals surface area contributed by atoms with Gasteiger partial charge in [-0.2, -0.15) is 0 Å². The Morgan fingerprint density at radius 1 is 1.73 bits per heavy atom. The van der Waals surface area contributed by atoms with Crippen molar-refractivity contribution in [3.05, 3.63) is 10.8 Å². The lowest BCUT2D eigenvalue weighted by molar-refractivity contribution is 0.136. The summed E-state index contributed by atoms with van der Waals surface area (Å²) in [6, 6.07) is 0. The van der Waals surface area contributed by atoms with E-state index in [2.05, 4.69) is 26.2 Å². The Morgan fingerprint density at radius 3 is 3.09 bits per heavy atom. The first-order chi connectivity index (χ1) is 5.33. The predicted molar refractivity (Wildman–Crippen MR) is 44.2 cm³/mol. The quantitative estimate of drug-likeness (QED) is 0.712. The normalized spacial score (nSPS) is 10.4. The molecule has 0 amide bonds. The van der Waals surface area contributed by atoms with Crippen molar-refractivity contribution in [2.75, 3.05) is 13.2 Å². The molecule has 1 heterocycles. The van der Waals surface area contributed by atoms with Gasteiger partial charge in [0.1, 0.15) is 4.60 Å². The fourth-order valence-electron chi connectivity index (χ4n) is 0.686. The zero-order valence-electron chi connectivity index (χ0n) is 6.33. The lowest BCUT2D eigenvalue weighted by atomic mass is 10.7. The first-order valence-electron chi connectivity index (χ1n) is 3.46. The number of aromatic nitrogens is 3. The van der Waals surface area contributed by atoms with E-state index >= 15 is 0 Å². The Labute approximate surface area is 73.7 Å². The van der Waals surface area contributed by atoms with Crippen LogP contribution in [0.3, 0.4) is 0 Å². The van der Waals surface area contributed by atoms with Crippen LogP contribution < -0.4 is 0 Å². The van der Waals surface area contributed by atoms with Gasteiger partial charge in [-0.15, -0.1) is 5.10 Å². The van der Waals surface area contributed by atoms with Crippen LogP contribution in [-0.4, -0.2) is 28.2 Å². The molecule has 0 saturated heterocycles. The molecule has 0 bridgehead atoms. The topological polar surface area (TPSA) is 39.9 Å². The summed E-state index contributed by atoms with van der Waals surface area (Å²) in [5, 5.41) is 7.60. The Bertz CT molecular complexity index is 213. The van der Waals surface area contributed by atoms with Gasteiger partial charge in [0.2, 0.25) is 0 Å². The highest BCUT2D eigenvalue weighted by Crippen LogP contribution is 2.01. The third-order valence-corrected chi connectivity index (χ3v) is 1.54. The van der Waals surface area contributed by atoms with Crippen LogP contribution in [0, 0.1) is 0 Å². The van der Waals surface area contributed by atoms with E-state index in [4.69, 9.17) is 4.74 Å². The zero-order valence-corrected chi connectivity index (χ0v) is 7.91. The second kappa shape index (κ2) is 4.46. The maximum absolute atomic E-state index is 5.14. The molecule has 0 aliphatic heterocycles. The first kappa shape index (κ1) is 8.67. The number of hydrogen-bond acceptors (Lipinski definition) is 3. The molecule has 1 rings (SSSR count). The molecule has 4 nitrogen and oxygen atoms in total. The average molecular weight is 220 g/mol. The molecule has 1 aromatic heterocycles. The van der Waals surface area contributed by atoms with E-state index in [1.807, 2.05) is 13.1 Å². The standard InChI is InChI=1S/C6H10BrN3O/c1-2-11-4-3-10-5-6(7)8-9-10/h5H,2-4H2,1H3. The average Bonchev–Trinajstić information content (AvgIpc) is 2.37. The smallest absolute Gasteiger partial charge is 0.148 e. The molecule has 62 valence electrons. The molecule has 0 aliphatic rings. The summed E-state index contributed by atoms with van der Waals surface area (Å²) in [6.45, 7) is 4.16. The van der Waals surface area contributed by atoms with E-state index in [0.29, 0.717) is 6.61 Å². The predicted octanol–water partition coefficient (Wildman–Crippen LogP) is 1.08. The minimum absolute atomic E-state index is 0.687.